The summed E-state index contributed by atoms with van der Waals surface area (Å²) in [5, 5.41) is 30.4. The van der Waals surface area contributed by atoms with Crippen molar-refractivity contribution in [1.82, 2.24) is 0 Å². The molecule has 0 saturated heterocycles. The van der Waals surface area contributed by atoms with Crippen molar-refractivity contribution in [3.8, 4) is 17.6 Å². The zero-order valence-electron chi connectivity index (χ0n) is 14.2. The zero-order valence-corrected chi connectivity index (χ0v) is 14.2. The highest BCUT2D eigenvalue weighted by Crippen LogP contribution is 2.36. The molecular weight excluding hydrogens is 365 g/mol. The van der Waals surface area contributed by atoms with E-state index in [1.807, 2.05) is 0 Å². The highest BCUT2D eigenvalue weighted by Gasteiger charge is 2.31. The van der Waals surface area contributed by atoms with Gasteiger partial charge in [0.05, 0.1) is 27.7 Å². The van der Waals surface area contributed by atoms with Gasteiger partial charge in [-0.3, -0.25) is 10.1 Å². The molecule has 1 unspecified atom stereocenters. The first-order valence-electron chi connectivity index (χ1n) is 7.93. The highest BCUT2D eigenvalue weighted by molar-refractivity contribution is 5.51. The number of hydrogen-bond donors (Lipinski definition) is 1. The van der Waals surface area contributed by atoms with Crippen LogP contribution in [0.15, 0.2) is 36.4 Å². The first-order valence-corrected chi connectivity index (χ1v) is 7.93. The molecule has 0 spiro atoms. The molecule has 1 N–H and O–H groups in total. The number of rotatable bonds is 6. The fourth-order valence-corrected chi connectivity index (χ4v) is 2.47. The van der Waals surface area contributed by atoms with Crippen LogP contribution in [0.1, 0.15) is 42.6 Å². The summed E-state index contributed by atoms with van der Waals surface area (Å²) in [6.45, 7) is 1.80. The van der Waals surface area contributed by atoms with E-state index in [1.54, 1.807) is 13.0 Å². The van der Waals surface area contributed by atoms with Crippen molar-refractivity contribution in [2.75, 3.05) is 0 Å². The van der Waals surface area contributed by atoms with Crippen LogP contribution in [0.3, 0.4) is 0 Å². The van der Waals surface area contributed by atoms with Crippen LogP contribution in [0.4, 0.5) is 18.9 Å². The molecule has 1 atom stereocenters. The van der Waals surface area contributed by atoms with Gasteiger partial charge in [-0.05, 0) is 36.8 Å². The van der Waals surface area contributed by atoms with Gasteiger partial charge >= 0.3 is 6.18 Å². The molecular formula is C18H15F3N2O4. The minimum Gasteiger partial charge on any atom is -0.456 e. The van der Waals surface area contributed by atoms with Gasteiger partial charge in [-0.1, -0.05) is 13.3 Å². The second kappa shape index (κ2) is 8.05. The van der Waals surface area contributed by atoms with E-state index in [2.05, 4.69) is 0 Å². The standard InChI is InChI=1S/C18H15F3N2O4/c1-2-3-16(24)14-9-13(5-6-15(14)23(25)26)27-17-7-4-12(18(19,20)21)8-11(17)10-22/h4-9,16,24H,2-3H2,1H3. The van der Waals surface area contributed by atoms with Gasteiger partial charge in [-0.15, -0.1) is 0 Å². The minimum absolute atomic E-state index is 0.0322. The molecule has 0 saturated carbocycles. The van der Waals surface area contributed by atoms with E-state index < -0.39 is 22.8 Å². The molecule has 0 heterocycles. The third-order valence-electron chi connectivity index (χ3n) is 3.77. The summed E-state index contributed by atoms with van der Waals surface area (Å²) >= 11 is 0. The molecule has 2 aromatic carbocycles. The Labute approximate surface area is 152 Å². The fourth-order valence-electron chi connectivity index (χ4n) is 2.47. The number of alkyl halides is 3. The lowest BCUT2D eigenvalue weighted by molar-refractivity contribution is -0.386. The second-order valence-electron chi connectivity index (χ2n) is 5.70. The molecule has 0 bridgehead atoms. The van der Waals surface area contributed by atoms with E-state index in [0.717, 1.165) is 18.2 Å². The summed E-state index contributed by atoms with van der Waals surface area (Å²) in [7, 11) is 0. The van der Waals surface area contributed by atoms with Gasteiger partial charge in [0.1, 0.15) is 17.6 Å². The zero-order chi connectivity index (χ0) is 20.2. The average molecular weight is 380 g/mol. The van der Waals surface area contributed by atoms with Crippen LogP contribution >= 0.6 is 0 Å². The van der Waals surface area contributed by atoms with Crippen molar-refractivity contribution in [1.29, 1.82) is 5.26 Å². The van der Waals surface area contributed by atoms with Gasteiger partial charge in [0.2, 0.25) is 0 Å². The van der Waals surface area contributed by atoms with Crippen molar-refractivity contribution in [2.24, 2.45) is 0 Å². The summed E-state index contributed by atoms with van der Waals surface area (Å²) in [6, 6.07) is 7.71. The number of nitrogens with zero attached hydrogens (tertiary/aromatic N) is 2. The van der Waals surface area contributed by atoms with Gasteiger partial charge in [-0.2, -0.15) is 18.4 Å². The van der Waals surface area contributed by atoms with E-state index in [1.165, 1.54) is 12.1 Å². The second-order valence-corrected chi connectivity index (χ2v) is 5.70. The Balaban J connectivity index is 2.42. The summed E-state index contributed by atoms with van der Waals surface area (Å²) < 4.78 is 43.7. The number of hydrogen-bond acceptors (Lipinski definition) is 5. The number of nitriles is 1. The van der Waals surface area contributed by atoms with E-state index >= 15 is 0 Å². The Hall–Kier alpha value is -3.12. The Kier molecular flexibility index (Phi) is 6.02. The summed E-state index contributed by atoms with van der Waals surface area (Å²) in [5.74, 6) is -0.0719. The fraction of sp³-hybridized carbons (Fsp3) is 0.278. The quantitative estimate of drug-likeness (QED) is 0.555. The highest BCUT2D eigenvalue weighted by atomic mass is 19.4. The summed E-state index contributed by atoms with van der Waals surface area (Å²) in [6.07, 6.45) is -4.83. The van der Waals surface area contributed by atoms with Gasteiger partial charge in [0.25, 0.3) is 5.69 Å². The Morgan fingerprint density at radius 2 is 2.00 bits per heavy atom. The van der Waals surface area contributed by atoms with Crippen LogP contribution < -0.4 is 4.74 Å². The number of nitro groups is 1. The van der Waals surface area contributed by atoms with Crippen LogP contribution in [-0.4, -0.2) is 10.0 Å². The smallest absolute Gasteiger partial charge is 0.416 e. The van der Waals surface area contributed by atoms with Crippen molar-refractivity contribution >= 4 is 5.69 Å². The molecule has 142 valence electrons. The topological polar surface area (TPSA) is 96.4 Å². The average Bonchev–Trinajstić information content (AvgIpc) is 2.61. The van der Waals surface area contributed by atoms with E-state index in [0.29, 0.717) is 12.5 Å². The van der Waals surface area contributed by atoms with Gasteiger partial charge in [-0.25, -0.2) is 0 Å². The van der Waals surface area contributed by atoms with Gasteiger partial charge in [0, 0.05) is 6.07 Å². The molecule has 6 nitrogen and oxygen atoms in total. The lowest BCUT2D eigenvalue weighted by Crippen LogP contribution is -2.05. The van der Waals surface area contributed by atoms with E-state index in [4.69, 9.17) is 10.00 Å². The van der Waals surface area contributed by atoms with Crippen molar-refractivity contribution in [3.63, 3.8) is 0 Å². The lowest BCUT2D eigenvalue weighted by atomic mass is 10.0. The molecule has 0 aliphatic heterocycles. The van der Waals surface area contributed by atoms with Crippen molar-refractivity contribution in [3.05, 3.63) is 63.2 Å². The molecule has 0 aliphatic carbocycles. The maximum absolute atomic E-state index is 12.8. The number of aliphatic hydroxyl groups is 1. The largest absolute Gasteiger partial charge is 0.456 e. The first-order chi connectivity index (χ1) is 12.7. The molecule has 0 radical (unpaired) electrons. The molecule has 27 heavy (non-hydrogen) atoms. The number of aliphatic hydroxyl groups excluding tert-OH is 1. The normalized spacial score (nSPS) is 12.3. The minimum atomic E-state index is -4.60. The number of ether oxygens (including phenoxy) is 1. The monoisotopic (exact) mass is 380 g/mol. The number of nitro benzene ring substituents is 1. The lowest BCUT2D eigenvalue weighted by Gasteiger charge is -2.14. The third kappa shape index (κ3) is 4.74. The first kappa shape index (κ1) is 20.2. The Morgan fingerprint density at radius 1 is 1.30 bits per heavy atom. The predicted molar refractivity (Wildman–Crippen MR) is 89.2 cm³/mol. The maximum Gasteiger partial charge on any atom is 0.416 e. The van der Waals surface area contributed by atoms with Gasteiger partial charge < -0.3 is 9.84 Å². The number of benzene rings is 2. The Morgan fingerprint density at radius 3 is 2.56 bits per heavy atom. The van der Waals surface area contributed by atoms with Gasteiger partial charge in [0.15, 0.2) is 0 Å². The van der Waals surface area contributed by atoms with E-state index in [9.17, 15) is 28.4 Å². The number of halogens is 3. The van der Waals surface area contributed by atoms with Crippen LogP contribution in [-0.2, 0) is 6.18 Å². The Bertz CT molecular complexity index is 891. The molecule has 2 aromatic rings. The van der Waals surface area contributed by atoms with Crippen LogP contribution in [0.5, 0.6) is 11.5 Å². The SMILES string of the molecule is CCCC(O)c1cc(Oc2ccc(C(F)(F)F)cc2C#N)ccc1[N+](=O)[O-]. The summed E-state index contributed by atoms with van der Waals surface area (Å²) in [4.78, 5) is 10.5. The molecule has 0 fully saturated rings. The third-order valence-corrected chi connectivity index (χ3v) is 3.77. The maximum atomic E-state index is 12.8. The molecule has 0 aliphatic rings. The van der Waals surface area contributed by atoms with Crippen molar-refractivity contribution < 1.29 is 27.9 Å². The molecule has 2 rings (SSSR count). The van der Waals surface area contributed by atoms with Crippen LogP contribution in [0.2, 0.25) is 0 Å². The van der Waals surface area contributed by atoms with E-state index in [-0.39, 0.29) is 34.7 Å². The summed E-state index contributed by atoms with van der Waals surface area (Å²) in [5.41, 5.74) is -1.59. The van der Waals surface area contributed by atoms with Crippen LogP contribution in [0, 0.1) is 21.4 Å². The van der Waals surface area contributed by atoms with Crippen molar-refractivity contribution in [2.45, 2.75) is 32.0 Å². The molecule has 0 aromatic heterocycles. The molecule has 0 amide bonds. The van der Waals surface area contributed by atoms with Crippen LogP contribution in [0.25, 0.3) is 0 Å². The predicted octanol–water partition coefficient (Wildman–Crippen LogP) is 5.11. The molecule has 9 heteroatoms.